The zero-order chi connectivity index (χ0) is 12.5. The highest BCUT2D eigenvalue weighted by Gasteiger charge is 2.13. The molecule has 1 aromatic carbocycles. The molecule has 0 aromatic heterocycles. The summed E-state index contributed by atoms with van der Waals surface area (Å²) < 4.78 is 0. The van der Waals surface area contributed by atoms with Crippen LogP contribution in [0.2, 0.25) is 0 Å². The lowest BCUT2D eigenvalue weighted by atomic mass is 10.0. The van der Waals surface area contributed by atoms with Crippen molar-refractivity contribution in [2.24, 2.45) is 0 Å². The van der Waals surface area contributed by atoms with E-state index in [0.717, 1.165) is 12.6 Å². The molecule has 0 aliphatic rings. The molecule has 1 atom stereocenters. The summed E-state index contributed by atoms with van der Waals surface area (Å²) in [5.74, 6) is 0. The number of nitrogens with zero attached hydrogens (tertiary/aromatic N) is 1. The van der Waals surface area contributed by atoms with Gasteiger partial charge in [0.2, 0.25) is 0 Å². The number of unbranched alkanes of at least 4 members (excludes halogenated alkanes) is 1. The summed E-state index contributed by atoms with van der Waals surface area (Å²) >= 11 is 0. The van der Waals surface area contributed by atoms with E-state index < -0.39 is 0 Å². The molecule has 17 heavy (non-hydrogen) atoms. The average molecular weight is 233 g/mol. The molecule has 1 heteroatoms. The second-order valence-corrected chi connectivity index (χ2v) is 4.99. The van der Waals surface area contributed by atoms with Crippen LogP contribution in [0.5, 0.6) is 0 Å². The highest BCUT2D eigenvalue weighted by Crippen LogP contribution is 2.15. The first kappa shape index (κ1) is 14.2. The summed E-state index contributed by atoms with van der Waals surface area (Å²) in [6.45, 7) is 5.64. The zero-order valence-electron chi connectivity index (χ0n) is 11.7. The van der Waals surface area contributed by atoms with Gasteiger partial charge < -0.3 is 0 Å². The molecule has 1 nitrogen and oxygen atoms in total. The standard InChI is InChI=1S/C16H27N/c1-4-6-13-16(10-5-2)17(3)14-15-11-8-7-9-12-15/h7-9,11-12,16H,4-6,10,13-14H2,1-3H3/t16-/m1/s1. The third-order valence-electron chi connectivity index (χ3n) is 3.41. The van der Waals surface area contributed by atoms with Gasteiger partial charge in [-0.1, -0.05) is 63.4 Å². The number of hydrogen-bond acceptors (Lipinski definition) is 1. The Labute approximate surface area is 107 Å². The van der Waals surface area contributed by atoms with Crippen LogP contribution in [0.3, 0.4) is 0 Å². The maximum atomic E-state index is 2.52. The highest BCUT2D eigenvalue weighted by molar-refractivity contribution is 5.14. The predicted molar refractivity (Wildman–Crippen MR) is 76.1 cm³/mol. The summed E-state index contributed by atoms with van der Waals surface area (Å²) in [5.41, 5.74) is 1.42. The van der Waals surface area contributed by atoms with E-state index in [-0.39, 0.29) is 0 Å². The topological polar surface area (TPSA) is 3.24 Å². The predicted octanol–water partition coefficient (Wildman–Crippen LogP) is 4.48. The van der Waals surface area contributed by atoms with E-state index in [1.807, 2.05) is 0 Å². The third kappa shape index (κ3) is 5.36. The second kappa shape index (κ2) is 8.30. The maximum absolute atomic E-state index is 2.52. The fourth-order valence-electron chi connectivity index (χ4n) is 2.36. The Balaban J connectivity index is 2.49. The number of benzene rings is 1. The van der Waals surface area contributed by atoms with Crippen LogP contribution in [0.4, 0.5) is 0 Å². The molecule has 0 fully saturated rings. The van der Waals surface area contributed by atoms with Crippen LogP contribution in [-0.4, -0.2) is 18.0 Å². The van der Waals surface area contributed by atoms with E-state index >= 15 is 0 Å². The molecule has 1 rings (SSSR count). The van der Waals surface area contributed by atoms with Gasteiger partial charge in [0.05, 0.1) is 0 Å². The van der Waals surface area contributed by atoms with Gasteiger partial charge in [0.25, 0.3) is 0 Å². The molecule has 0 spiro atoms. The van der Waals surface area contributed by atoms with Gasteiger partial charge in [0.15, 0.2) is 0 Å². The lowest BCUT2D eigenvalue weighted by Crippen LogP contribution is -2.31. The average Bonchev–Trinajstić information content (AvgIpc) is 2.35. The Morgan fingerprint density at radius 3 is 2.29 bits per heavy atom. The van der Waals surface area contributed by atoms with E-state index in [2.05, 4.69) is 56.1 Å². The van der Waals surface area contributed by atoms with E-state index in [4.69, 9.17) is 0 Å². The van der Waals surface area contributed by atoms with Gasteiger partial charge in [-0.25, -0.2) is 0 Å². The summed E-state index contributed by atoms with van der Waals surface area (Å²) in [6, 6.07) is 11.5. The lowest BCUT2D eigenvalue weighted by Gasteiger charge is -2.28. The molecule has 0 radical (unpaired) electrons. The van der Waals surface area contributed by atoms with Crippen molar-refractivity contribution in [3.63, 3.8) is 0 Å². The Morgan fingerprint density at radius 1 is 1.00 bits per heavy atom. The molecule has 0 unspecified atom stereocenters. The van der Waals surface area contributed by atoms with Crippen LogP contribution in [0, 0.1) is 0 Å². The molecule has 0 aliphatic carbocycles. The highest BCUT2D eigenvalue weighted by atomic mass is 15.1. The van der Waals surface area contributed by atoms with E-state index in [9.17, 15) is 0 Å². The summed E-state index contributed by atoms with van der Waals surface area (Å²) in [4.78, 5) is 2.52. The van der Waals surface area contributed by atoms with E-state index in [0.29, 0.717) is 0 Å². The number of hydrogen-bond donors (Lipinski definition) is 0. The van der Waals surface area contributed by atoms with E-state index in [1.54, 1.807) is 0 Å². The first-order valence-electron chi connectivity index (χ1n) is 7.02. The second-order valence-electron chi connectivity index (χ2n) is 4.99. The molecule has 0 heterocycles. The normalized spacial score (nSPS) is 12.9. The fourth-order valence-corrected chi connectivity index (χ4v) is 2.36. The minimum absolute atomic E-state index is 0.750. The Bertz CT molecular complexity index is 281. The first-order chi connectivity index (χ1) is 8.27. The van der Waals surface area contributed by atoms with Gasteiger partial charge in [-0.15, -0.1) is 0 Å². The van der Waals surface area contributed by atoms with Crippen LogP contribution in [0.25, 0.3) is 0 Å². The van der Waals surface area contributed by atoms with Crippen molar-refractivity contribution in [1.82, 2.24) is 4.90 Å². The molecular formula is C16H27N. The maximum Gasteiger partial charge on any atom is 0.0233 e. The van der Waals surface area contributed by atoms with Gasteiger partial charge in [0, 0.05) is 12.6 Å². The SMILES string of the molecule is CCCC[C@@H](CCC)N(C)Cc1ccccc1. The molecule has 0 N–H and O–H groups in total. The molecule has 0 bridgehead atoms. The Hall–Kier alpha value is -0.820. The molecule has 0 amide bonds. The molecule has 0 saturated carbocycles. The van der Waals surface area contributed by atoms with Crippen LogP contribution >= 0.6 is 0 Å². The van der Waals surface area contributed by atoms with Crippen LogP contribution in [0.15, 0.2) is 30.3 Å². The van der Waals surface area contributed by atoms with Crippen LogP contribution < -0.4 is 0 Å². The Morgan fingerprint density at radius 2 is 1.71 bits per heavy atom. The summed E-state index contributed by atoms with van der Waals surface area (Å²) in [6.07, 6.45) is 6.60. The fraction of sp³-hybridized carbons (Fsp3) is 0.625. The summed E-state index contributed by atoms with van der Waals surface area (Å²) in [5, 5.41) is 0. The van der Waals surface area contributed by atoms with Crippen molar-refractivity contribution in [1.29, 1.82) is 0 Å². The monoisotopic (exact) mass is 233 g/mol. The minimum atomic E-state index is 0.750. The zero-order valence-corrected chi connectivity index (χ0v) is 11.7. The van der Waals surface area contributed by atoms with Gasteiger partial charge in [-0.2, -0.15) is 0 Å². The quantitative estimate of drug-likeness (QED) is 0.640. The smallest absolute Gasteiger partial charge is 0.0233 e. The van der Waals surface area contributed by atoms with Gasteiger partial charge in [-0.05, 0) is 25.5 Å². The van der Waals surface area contributed by atoms with Crippen molar-refractivity contribution in [2.45, 2.75) is 58.5 Å². The Kier molecular flexibility index (Phi) is 6.95. The van der Waals surface area contributed by atoms with Crippen molar-refractivity contribution in [3.8, 4) is 0 Å². The van der Waals surface area contributed by atoms with E-state index in [1.165, 1.54) is 37.7 Å². The molecule has 0 aliphatic heterocycles. The van der Waals surface area contributed by atoms with Crippen molar-refractivity contribution >= 4 is 0 Å². The molecule has 0 saturated heterocycles. The minimum Gasteiger partial charge on any atom is -0.299 e. The molecule has 1 aromatic rings. The molecule has 96 valence electrons. The van der Waals surface area contributed by atoms with Gasteiger partial charge in [-0.3, -0.25) is 4.90 Å². The van der Waals surface area contributed by atoms with Crippen LogP contribution in [0.1, 0.15) is 51.5 Å². The van der Waals surface area contributed by atoms with Crippen molar-refractivity contribution < 1.29 is 0 Å². The third-order valence-corrected chi connectivity index (χ3v) is 3.41. The van der Waals surface area contributed by atoms with Gasteiger partial charge >= 0.3 is 0 Å². The first-order valence-corrected chi connectivity index (χ1v) is 7.02. The largest absolute Gasteiger partial charge is 0.299 e. The molecular weight excluding hydrogens is 206 g/mol. The summed E-state index contributed by atoms with van der Waals surface area (Å²) in [7, 11) is 2.27. The van der Waals surface area contributed by atoms with Crippen molar-refractivity contribution in [2.75, 3.05) is 7.05 Å². The van der Waals surface area contributed by atoms with Crippen molar-refractivity contribution in [3.05, 3.63) is 35.9 Å². The van der Waals surface area contributed by atoms with Gasteiger partial charge in [0.1, 0.15) is 0 Å². The van der Waals surface area contributed by atoms with Crippen LogP contribution in [-0.2, 0) is 6.54 Å². The number of rotatable bonds is 8. The lowest BCUT2D eigenvalue weighted by molar-refractivity contribution is 0.206.